The van der Waals surface area contributed by atoms with Crippen molar-refractivity contribution < 1.29 is 22.3 Å². The van der Waals surface area contributed by atoms with Crippen LogP contribution in [0.3, 0.4) is 0 Å². The number of aliphatic hydroxyl groups excluding tert-OH is 1. The minimum absolute atomic E-state index is 0.0998. The minimum Gasteiger partial charge on any atom is -0.421 e. The molecule has 10 nitrogen and oxygen atoms in total. The van der Waals surface area contributed by atoms with Crippen LogP contribution in [0.15, 0.2) is 64.0 Å². The van der Waals surface area contributed by atoms with Crippen LogP contribution in [0.1, 0.15) is 24.4 Å². The van der Waals surface area contributed by atoms with Crippen molar-refractivity contribution in [1.29, 1.82) is 0 Å². The molecule has 0 amide bonds. The molecule has 1 atom stereocenters. The molecule has 2 heterocycles. The second kappa shape index (κ2) is 10.2. The van der Waals surface area contributed by atoms with Gasteiger partial charge in [0.25, 0.3) is 5.89 Å². The standard InChI is InChI=1S/C23H23FN6O4S/c1-3-20-29-30-22(34-20)16-12-25-23(26-15-9-10-19(17(24)11-15)35(2,32)33)28-21(16)27-18(13-31)14-7-5-4-6-8-14/h4-12,18,31H,3,13H2,1-2H3,(H2,25,26,27,28)/t18-/m1/s1. The Hall–Kier alpha value is -3.90. The van der Waals surface area contributed by atoms with Gasteiger partial charge in [0.2, 0.25) is 11.8 Å². The highest BCUT2D eigenvalue weighted by Gasteiger charge is 2.20. The number of nitrogens with one attached hydrogen (secondary N) is 2. The zero-order chi connectivity index (χ0) is 25.0. The van der Waals surface area contributed by atoms with Gasteiger partial charge in [-0.1, -0.05) is 37.3 Å². The third kappa shape index (κ3) is 5.61. The summed E-state index contributed by atoms with van der Waals surface area (Å²) in [6.07, 6.45) is 2.95. The van der Waals surface area contributed by atoms with Gasteiger partial charge in [-0.2, -0.15) is 4.98 Å². The van der Waals surface area contributed by atoms with Crippen molar-refractivity contribution in [3.63, 3.8) is 0 Å². The first-order valence-corrected chi connectivity index (χ1v) is 12.6. The number of aliphatic hydroxyl groups is 1. The summed E-state index contributed by atoms with van der Waals surface area (Å²) in [5.41, 5.74) is 1.49. The van der Waals surface area contributed by atoms with Gasteiger partial charge in [0.15, 0.2) is 9.84 Å². The number of nitrogens with zero attached hydrogens (tertiary/aromatic N) is 4. The molecule has 35 heavy (non-hydrogen) atoms. The van der Waals surface area contributed by atoms with Crippen LogP contribution >= 0.6 is 0 Å². The average Bonchev–Trinajstić information content (AvgIpc) is 3.31. The fourth-order valence-electron chi connectivity index (χ4n) is 3.31. The number of benzene rings is 2. The molecule has 0 saturated heterocycles. The van der Waals surface area contributed by atoms with Gasteiger partial charge >= 0.3 is 0 Å². The topological polar surface area (TPSA) is 143 Å². The van der Waals surface area contributed by atoms with Crippen molar-refractivity contribution in [2.75, 3.05) is 23.5 Å². The summed E-state index contributed by atoms with van der Waals surface area (Å²) >= 11 is 0. The molecule has 0 saturated carbocycles. The summed E-state index contributed by atoms with van der Waals surface area (Å²) in [5.74, 6) is 0.142. The Morgan fingerprint density at radius 2 is 1.91 bits per heavy atom. The summed E-state index contributed by atoms with van der Waals surface area (Å²) in [6.45, 7) is 1.66. The van der Waals surface area contributed by atoms with E-state index in [2.05, 4.69) is 30.8 Å². The molecule has 4 rings (SSSR count). The first-order valence-electron chi connectivity index (χ1n) is 10.7. The van der Waals surface area contributed by atoms with Gasteiger partial charge in [0.1, 0.15) is 16.5 Å². The summed E-state index contributed by atoms with van der Waals surface area (Å²) in [5, 5.41) is 24.1. The van der Waals surface area contributed by atoms with Gasteiger partial charge in [-0.3, -0.25) is 0 Å². The predicted octanol–water partition coefficient (Wildman–Crippen LogP) is 3.52. The van der Waals surface area contributed by atoms with E-state index in [9.17, 15) is 17.9 Å². The summed E-state index contributed by atoms with van der Waals surface area (Å²) < 4.78 is 43.4. The molecule has 0 spiro atoms. The number of hydrogen-bond donors (Lipinski definition) is 3. The number of halogens is 1. The van der Waals surface area contributed by atoms with Gasteiger partial charge in [0.05, 0.1) is 18.2 Å². The quantitative estimate of drug-likeness (QED) is 0.314. The Bertz CT molecular complexity index is 1430. The number of hydrogen-bond acceptors (Lipinski definition) is 10. The van der Waals surface area contributed by atoms with Crippen molar-refractivity contribution in [2.24, 2.45) is 0 Å². The van der Waals surface area contributed by atoms with Crippen LogP contribution in [0.2, 0.25) is 0 Å². The van der Waals surface area contributed by atoms with E-state index in [1.807, 2.05) is 37.3 Å². The first-order chi connectivity index (χ1) is 16.8. The molecule has 0 radical (unpaired) electrons. The maximum Gasteiger partial charge on any atom is 0.253 e. The van der Waals surface area contributed by atoms with Gasteiger partial charge in [-0.15, -0.1) is 10.2 Å². The van der Waals surface area contributed by atoms with Crippen LogP contribution in [-0.4, -0.2) is 46.6 Å². The molecule has 0 aliphatic rings. The highest BCUT2D eigenvalue weighted by molar-refractivity contribution is 7.90. The van der Waals surface area contributed by atoms with Crippen LogP contribution in [0.25, 0.3) is 11.5 Å². The summed E-state index contributed by atoms with van der Waals surface area (Å²) in [4.78, 5) is 8.34. The van der Waals surface area contributed by atoms with E-state index < -0.39 is 26.6 Å². The van der Waals surface area contributed by atoms with Gasteiger partial charge in [-0.25, -0.2) is 17.8 Å². The molecule has 3 N–H and O–H groups in total. The molecule has 2 aromatic carbocycles. The van der Waals surface area contributed by atoms with Crippen LogP contribution in [0.4, 0.5) is 21.8 Å². The zero-order valence-electron chi connectivity index (χ0n) is 18.9. The summed E-state index contributed by atoms with van der Waals surface area (Å²) in [6, 6.07) is 12.4. The summed E-state index contributed by atoms with van der Waals surface area (Å²) in [7, 11) is -3.70. The second-order valence-corrected chi connectivity index (χ2v) is 9.63. The van der Waals surface area contributed by atoms with Crippen LogP contribution in [0.5, 0.6) is 0 Å². The molecule has 0 aliphatic heterocycles. The van der Waals surface area contributed by atoms with E-state index >= 15 is 0 Å². The third-order valence-corrected chi connectivity index (χ3v) is 6.20. The lowest BCUT2D eigenvalue weighted by atomic mass is 10.1. The van der Waals surface area contributed by atoms with Crippen LogP contribution in [0, 0.1) is 5.82 Å². The maximum atomic E-state index is 14.3. The minimum atomic E-state index is -3.70. The highest BCUT2D eigenvalue weighted by atomic mass is 32.2. The molecule has 0 unspecified atom stereocenters. The normalized spacial score (nSPS) is 12.3. The van der Waals surface area contributed by atoms with E-state index in [0.29, 0.717) is 23.7 Å². The largest absolute Gasteiger partial charge is 0.421 e. The van der Waals surface area contributed by atoms with Crippen molar-refractivity contribution >= 4 is 27.3 Å². The van der Waals surface area contributed by atoms with E-state index in [1.165, 1.54) is 18.3 Å². The molecular weight excluding hydrogens is 475 g/mol. The molecule has 182 valence electrons. The Morgan fingerprint density at radius 3 is 2.54 bits per heavy atom. The number of aromatic nitrogens is 4. The highest BCUT2D eigenvalue weighted by Crippen LogP contribution is 2.30. The molecule has 0 fully saturated rings. The Labute approximate surface area is 201 Å². The van der Waals surface area contributed by atoms with Crippen molar-refractivity contribution in [1.82, 2.24) is 20.2 Å². The van der Waals surface area contributed by atoms with E-state index in [0.717, 1.165) is 17.9 Å². The molecule has 2 aromatic heterocycles. The Morgan fingerprint density at radius 1 is 1.14 bits per heavy atom. The molecule has 0 bridgehead atoms. The molecule has 12 heteroatoms. The monoisotopic (exact) mass is 498 g/mol. The van der Waals surface area contributed by atoms with E-state index in [-0.39, 0.29) is 24.1 Å². The van der Waals surface area contributed by atoms with Crippen molar-refractivity contribution in [3.8, 4) is 11.5 Å². The van der Waals surface area contributed by atoms with Crippen LogP contribution in [-0.2, 0) is 16.3 Å². The van der Waals surface area contributed by atoms with Gasteiger partial charge in [-0.05, 0) is 23.8 Å². The Balaban J connectivity index is 1.70. The number of sulfone groups is 1. The predicted molar refractivity (Wildman–Crippen MR) is 127 cm³/mol. The average molecular weight is 499 g/mol. The molecule has 0 aliphatic carbocycles. The van der Waals surface area contributed by atoms with E-state index in [1.54, 1.807) is 0 Å². The lowest BCUT2D eigenvalue weighted by Crippen LogP contribution is -2.17. The third-order valence-electron chi connectivity index (χ3n) is 5.07. The Kier molecular flexibility index (Phi) is 7.03. The lowest BCUT2D eigenvalue weighted by Gasteiger charge is -2.19. The van der Waals surface area contributed by atoms with Gasteiger partial charge < -0.3 is 20.2 Å². The maximum absolute atomic E-state index is 14.3. The van der Waals surface area contributed by atoms with Gasteiger partial charge in [0, 0.05) is 24.6 Å². The molecule has 4 aromatic rings. The number of rotatable bonds is 9. The van der Waals surface area contributed by atoms with Crippen LogP contribution < -0.4 is 10.6 Å². The lowest BCUT2D eigenvalue weighted by molar-refractivity contribution is 0.276. The fourth-order valence-corrected chi connectivity index (χ4v) is 4.04. The fraction of sp³-hybridized carbons (Fsp3) is 0.217. The second-order valence-electron chi connectivity index (χ2n) is 7.64. The number of aryl methyl sites for hydroxylation is 1. The first kappa shape index (κ1) is 24.2. The van der Waals surface area contributed by atoms with Crippen molar-refractivity contribution in [2.45, 2.75) is 24.3 Å². The smallest absolute Gasteiger partial charge is 0.253 e. The van der Waals surface area contributed by atoms with E-state index in [4.69, 9.17) is 4.42 Å². The SMILES string of the molecule is CCc1nnc(-c2cnc(Nc3ccc(S(C)(=O)=O)c(F)c3)nc2N[C@H](CO)c2ccccc2)o1. The van der Waals surface area contributed by atoms with Crippen molar-refractivity contribution in [3.05, 3.63) is 72.0 Å². The zero-order valence-corrected chi connectivity index (χ0v) is 19.8. The number of anilines is 3. The molecular formula is C23H23FN6O4S.